The van der Waals surface area contributed by atoms with Gasteiger partial charge in [-0.05, 0) is 47.5 Å². The number of rotatable bonds is 7. The van der Waals surface area contributed by atoms with Gasteiger partial charge in [-0.25, -0.2) is 0 Å². The first kappa shape index (κ1) is 19.2. The lowest BCUT2D eigenvalue weighted by Crippen LogP contribution is -2.34. The van der Waals surface area contributed by atoms with E-state index in [1.54, 1.807) is 31.4 Å². The van der Waals surface area contributed by atoms with Crippen LogP contribution >= 0.6 is 0 Å². The Morgan fingerprint density at radius 1 is 0.714 bits per heavy atom. The molecule has 0 spiro atoms. The number of benzene rings is 3. The maximum absolute atomic E-state index is 12.3. The summed E-state index contributed by atoms with van der Waals surface area (Å²) in [6.07, 6.45) is 0. The summed E-state index contributed by atoms with van der Waals surface area (Å²) in [5.41, 5.74) is 3.20. The number of ether oxygens (including phenoxy) is 1. The van der Waals surface area contributed by atoms with Gasteiger partial charge < -0.3 is 15.4 Å². The molecule has 0 saturated carbocycles. The molecule has 2 N–H and O–H groups in total. The second-order valence-electron chi connectivity index (χ2n) is 6.19. The molecule has 0 bridgehead atoms. The lowest BCUT2D eigenvalue weighted by Gasteiger charge is -2.08. The molecule has 5 heteroatoms. The summed E-state index contributed by atoms with van der Waals surface area (Å²) in [6, 6.07) is 24.1. The Morgan fingerprint density at radius 2 is 1.32 bits per heavy atom. The van der Waals surface area contributed by atoms with Crippen molar-refractivity contribution in [2.45, 2.75) is 0 Å². The predicted octanol–water partition coefficient (Wildman–Crippen LogP) is 3.52. The van der Waals surface area contributed by atoms with E-state index >= 15 is 0 Å². The van der Waals surface area contributed by atoms with Gasteiger partial charge >= 0.3 is 0 Å². The predicted molar refractivity (Wildman–Crippen MR) is 110 cm³/mol. The molecule has 5 nitrogen and oxygen atoms in total. The number of nitrogens with one attached hydrogen (secondary N) is 2. The van der Waals surface area contributed by atoms with Gasteiger partial charge in [0.1, 0.15) is 5.75 Å². The molecule has 0 radical (unpaired) electrons. The maximum atomic E-state index is 12.3. The van der Waals surface area contributed by atoms with E-state index in [-0.39, 0.29) is 11.8 Å². The fourth-order valence-corrected chi connectivity index (χ4v) is 2.76. The fourth-order valence-electron chi connectivity index (χ4n) is 2.76. The van der Waals surface area contributed by atoms with E-state index in [0.717, 1.165) is 16.9 Å². The summed E-state index contributed by atoms with van der Waals surface area (Å²) in [5, 5.41) is 5.59. The highest BCUT2D eigenvalue weighted by molar-refractivity contribution is 5.95. The average Bonchev–Trinajstić information content (AvgIpc) is 2.77. The van der Waals surface area contributed by atoms with Crippen LogP contribution in [0.15, 0.2) is 78.9 Å². The number of hydrogen-bond donors (Lipinski definition) is 2. The van der Waals surface area contributed by atoms with Crippen LogP contribution in [0.3, 0.4) is 0 Å². The average molecular weight is 374 g/mol. The zero-order valence-corrected chi connectivity index (χ0v) is 15.6. The van der Waals surface area contributed by atoms with Gasteiger partial charge in [-0.1, -0.05) is 42.5 Å². The molecular formula is C23H22N2O3. The highest BCUT2D eigenvalue weighted by atomic mass is 16.5. The van der Waals surface area contributed by atoms with E-state index < -0.39 is 0 Å². The van der Waals surface area contributed by atoms with Crippen LogP contribution in [0.5, 0.6) is 5.75 Å². The van der Waals surface area contributed by atoms with Gasteiger partial charge in [0.2, 0.25) is 0 Å². The molecule has 142 valence electrons. The van der Waals surface area contributed by atoms with Crippen LogP contribution in [-0.2, 0) is 0 Å². The molecule has 28 heavy (non-hydrogen) atoms. The number of carbonyl (C=O) groups is 2. The lowest BCUT2D eigenvalue weighted by atomic mass is 10.0. The second kappa shape index (κ2) is 9.37. The fraction of sp³-hybridized carbons (Fsp3) is 0.130. The van der Waals surface area contributed by atoms with Gasteiger partial charge in [-0.3, -0.25) is 9.59 Å². The first-order chi connectivity index (χ1) is 13.7. The van der Waals surface area contributed by atoms with E-state index in [1.165, 1.54) is 0 Å². The Balaban J connectivity index is 1.50. The van der Waals surface area contributed by atoms with E-state index in [1.807, 2.05) is 54.6 Å². The normalized spacial score (nSPS) is 10.2. The second-order valence-corrected chi connectivity index (χ2v) is 6.19. The Bertz CT molecular complexity index is 938. The van der Waals surface area contributed by atoms with Crippen molar-refractivity contribution in [2.24, 2.45) is 0 Å². The molecule has 2 amide bonds. The molecule has 0 atom stereocenters. The van der Waals surface area contributed by atoms with Crippen molar-refractivity contribution in [2.75, 3.05) is 20.2 Å². The van der Waals surface area contributed by atoms with Gasteiger partial charge in [0, 0.05) is 24.2 Å². The van der Waals surface area contributed by atoms with E-state index in [9.17, 15) is 9.59 Å². The first-order valence-electron chi connectivity index (χ1n) is 9.03. The van der Waals surface area contributed by atoms with Gasteiger partial charge in [0.25, 0.3) is 11.8 Å². The Morgan fingerprint density at radius 3 is 1.93 bits per heavy atom. The molecule has 0 saturated heterocycles. The van der Waals surface area contributed by atoms with E-state index in [2.05, 4.69) is 10.6 Å². The van der Waals surface area contributed by atoms with Crippen molar-refractivity contribution in [3.05, 3.63) is 90.0 Å². The molecule has 0 unspecified atom stereocenters. The molecule has 0 aliphatic heterocycles. The number of hydrogen-bond acceptors (Lipinski definition) is 3. The molecule has 0 aliphatic carbocycles. The summed E-state index contributed by atoms with van der Waals surface area (Å²) < 4.78 is 5.24. The van der Waals surface area contributed by atoms with Crippen molar-refractivity contribution in [1.82, 2.24) is 10.6 Å². The minimum absolute atomic E-state index is 0.155. The van der Waals surface area contributed by atoms with Crippen LogP contribution in [0.4, 0.5) is 0 Å². The highest BCUT2D eigenvalue weighted by Crippen LogP contribution is 2.24. The molecule has 3 aromatic carbocycles. The van der Waals surface area contributed by atoms with E-state index in [4.69, 9.17) is 4.74 Å². The highest BCUT2D eigenvalue weighted by Gasteiger charge is 2.07. The maximum Gasteiger partial charge on any atom is 0.251 e. The summed E-state index contributed by atoms with van der Waals surface area (Å²) >= 11 is 0. The van der Waals surface area contributed by atoms with Gasteiger partial charge in [-0.15, -0.1) is 0 Å². The molecule has 0 aromatic heterocycles. The minimum Gasteiger partial charge on any atom is -0.497 e. The summed E-state index contributed by atoms with van der Waals surface area (Å²) in [5.74, 6) is 0.459. The van der Waals surface area contributed by atoms with Crippen LogP contribution in [0.1, 0.15) is 20.7 Å². The van der Waals surface area contributed by atoms with Crippen LogP contribution in [-0.4, -0.2) is 32.0 Å². The van der Waals surface area contributed by atoms with Crippen LogP contribution in [0.2, 0.25) is 0 Å². The summed E-state index contributed by atoms with van der Waals surface area (Å²) in [7, 11) is 1.63. The zero-order valence-electron chi connectivity index (χ0n) is 15.6. The van der Waals surface area contributed by atoms with Crippen molar-refractivity contribution in [1.29, 1.82) is 0 Å². The van der Waals surface area contributed by atoms with E-state index in [0.29, 0.717) is 24.2 Å². The summed E-state index contributed by atoms with van der Waals surface area (Å²) in [6.45, 7) is 0.719. The topological polar surface area (TPSA) is 67.4 Å². The third-order valence-electron chi connectivity index (χ3n) is 4.28. The van der Waals surface area contributed by atoms with Gasteiger partial charge in [0.15, 0.2) is 0 Å². The smallest absolute Gasteiger partial charge is 0.251 e. The monoisotopic (exact) mass is 374 g/mol. The van der Waals surface area contributed by atoms with Crippen LogP contribution in [0, 0.1) is 0 Å². The van der Waals surface area contributed by atoms with Crippen LogP contribution in [0.25, 0.3) is 11.1 Å². The third-order valence-corrected chi connectivity index (χ3v) is 4.28. The number of methoxy groups -OCH3 is 1. The first-order valence-corrected chi connectivity index (χ1v) is 9.03. The number of amides is 2. The minimum atomic E-state index is -0.175. The van der Waals surface area contributed by atoms with Crippen molar-refractivity contribution in [3.8, 4) is 16.9 Å². The lowest BCUT2D eigenvalue weighted by molar-refractivity contribution is 0.0927. The third kappa shape index (κ3) is 4.98. The molecule has 0 fully saturated rings. The Labute approximate surface area is 164 Å². The number of carbonyl (C=O) groups excluding carboxylic acids is 2. The van der Waals surface area contributed by atoms with Crippen LogP contribution < -0.4 is 15.4 Å². The molecular weight excluding hydrogens is 352 g/mol. The Kier molecular flexibility index (Phi) is 6.41. The molecule has 0 heterocycles. The molecule has 0 aliphatic rings. The molecule has 3 rings (SSSR count). The molecule has 3 aromatic rings. The SMILES string of the molecule is COc1cccc(-c2ccc(C(=O)NCCNC(=O)c3ccccc3)cc2)c1. The quantitative estimate of drug-likeness (QED) is 0.622. The van der Waals surface area contributed by atoms with Crippen molar-refractivity contribution >= 4 is 11.8 Å². The Hall–Kier alpha value is -3.60. The standard InChI is InChI=1S/C23H22N2O3/c1-28-21-9-5-8-20(16-21)17-10-12-19(13-11-17)23(27)25-15-14-24-22(26)18-6-3-2-4-7-18/h2-13,16H,14-15H2,1H3,(H,24,26)(H,25,27). The zero-order chi connectivity index (χ0) is 19.8. The summed E-state index contributed by atoms with van der Waals surface area (Å²) in [4.78, 5) is 24.2. The van der Waals surface area contributed by atoms with Crippen molar-refractivity contribution < 1.29 is 14.3 Å². The van der Waals surface area contributed by atoms with Gasteiger partial charge in [0.05, 0.1) is 7.11 Å². The van der Waals surface area contributed by atoms with Crippen molar-refractivity contribution in [3.63, 3.8) is 0 Å². The van der Waals surface area contributed by atoms with Gasteiger partial charge in [-0.2, -0.15) is 0 Å². The largest absolute Gasteiger partial charge is 0.497 e.